The highest BCUT2D eigenvalue weighted by atomic mass is 16.3. The molecule has 0 radical (unpaired) electrons. The molecular formula is C17H18N2O2. The van der Waals surface area contributed by atoms with Crippen molar-refractivity contribution in [3.63, 3.8) is 0 Å². The van der Waals surface area contributed by atoms with E-state index in [1.165, 1.54) is 6.08 Å². The summed E-state index contributed by atoms with van der Waals surface area (Å²) in [7, 11) is 0. The van der Waals surface area contributed by atoms with Crippen LogP contribution in [0.25, 0.3) is 6.08 Å². The first-order valence-corrected chi connectivity index (χ1v) is 6.67. The summed E-state index contributed by atoms with van der Waals surface area (Å²) in [5, 5.41) is 12.3. The van der Waals surface area contributed by atoms with Crippen molar-refractivity contribution in [2.75, 3.05) is 5.73 Å². The monoisotopic (exact) mass is 282 g/mol. The Hall–Kier alpha value is -2.75. The number of phenolic OH excluding ortho intramolecular Hbond substituents is 1. The molecule has 4 N–H and O–H groups in total. The second-order valence-electron chi connectivity index (χ2n) is 4.83. The lowest BCUT2D eigenvalue weighted by Gasteiger charge is -2.13. The molecule has 2 aromatic rings. The Morgan fingerprint density at radius 1 is 1.24 bits per heavy atom. The van der Waals surface area contributed by atoms with Crippen LogP contribution in [0.4, 0.5) is 5.69 Å². The van der Waals surface area contributed by atoms with Gasteiger partial charge in [-0.05, 0) is 48.4 Å². The predicted molar refractivity (Wildman–Crippen MR) is 84.6 cm³/mol. The number of hydrogen-bond donors (Lipinski definition) is 3. The van der Waals surface area contributed by atoms with Crippen molar-refractivity contribution >= 4 is 17.7 Å². The van der Waals surface area contributed by atoms with Crippen molar-refractivity contribution < 1.29 is 9.90 Å². The molecule has 21 heavy (non-hydrogen) atoms. The fourth-order valence-electron chi connectivity index (χ4n) is 1.92. The molecular weight excluding hydrogens is 264 g/mol. The van der Waals surface area contributed by atoms with Crippen LogP contribution in [0.3, 0.4) is 0 Å². The molecule has 1 unspecified atom stereocenters. The van der Waals surface area contributed by atoms with Crippen LogP contribution in [-0.2, 0) is 4.79 Å². The summed E-state index contributed by atoms with van der Waals surface area (Å²) in [6.07, 6.45) is 3.20. The topological polar surface area (TPSA) is 75.4 Å². The molecule has 0 aromatic heterocycles. The smallest absolute Gasteiger partial charge is 0.244 e. The van der Waals surface area contributed by atoms with E-state index < -0.39 is 0 Å². The molecule has 0 fully saturated rings. The zero-order valence-electron chi connectivity index (χ0n) is 11.8. The summed E-state index contributed by atoms with van der Waals surface area (Å²) >= 11 is 0. The zero-order valence-corrected chi connectivity index (χ0v) is 11.8. The Morgan fingerprint density at radius 2 is 1.95 bits per heavy atom. The number of carbonyl (C=O) groups is 1. The van der Waals surface area contributed by atoms with Gasteiger partial charge in [-0.1, -0.05) is 24.3 Å². The van der Waals surface area contributed by atoms with Crippen LogP contribution in [0.1, 0.15) is 24.1 Å². The number of nitrogens with one attached hydrogen (secondary N) is 1. The van der Waals surface area contributed by atoms with Crippen LogP contribution >= 0.6 is 0 Å². The molecule has 2 rings (SSSR count). The Balaban J connectivity index is 1.96. The number of phenols is 1. The Kier molecular flexibility index (Phi) is 4.61. The fourth-order valence-corrected chi connectivity index (χ4v) is 1.92. The SMILES string of the molecule is CC(NC(=O)/C=C/c1ccc(N)cc1)c1cccc(O)c1. The van der Waals surface area contributed by atoms with E-state index in [-0.39, 0.29) is 17.7 Å². The minimum atomic E-state index is -0.192. The van der Waals surface area contributed by atoms with Gasteiger partial charge >= 0.3 is 0 Å². The molecule has 108 valence electrons. The van der Waals surface area contributed by atoms with E-state index in [0.717, 1.165) is 11.1 Å². The van der Waals surface area contributed by atoms with E-state index in [2.05, 4.69) is 5.32 Å². The number of benzene rings is 2. The van der Waals surface area contributed by atoms with Gasteiger partial charge in [0.1, 0.15) is 5.75 Å². The van der Waals surface area contributed by atoms with E-state index in [4.69, 9.17) is 5.73 Å². The van der Waals surface area contributed by atoms with Gasteiger partial charge in [-0.15, -0.1) is 0 Å². The van der Waals surface area contributed by atoms with Crippen LogP contribution in [-0.4, -0.2) is 11.0 Å². The number of rotatable bonds is 4. The van der Waals surface area contributed by atoms with Crippen LogP contribution < -0.4 is 11.1 Å². The molecule has 0 bridgehead atoms. The third-order valence-electron chi connectivity index (χ3n) is 3.09. The van der Waals surface area contributed by atoms with Crippen molar-refractivity contribution in [3.05, 3.63) is 65.7 Å². The van der Waals surface area contributed by atoms with Crippen molar-refractivity contribution in [3.8, 4) is 5.75 Å². The third-order valence-corrected chi connectivity index (χ3v) is 3.09. The molecule has 4 heteroatoms. The highest BCUT2D eigenvalue weighted by molar-refractivity contribution is 5.92. The molecule has 4 nitrogen and oxygen atoms in total. The van der Waals surface area contributed by atoms with E-state index in [1.807, 2.05) is 25.1 Å². The summed E-state index contributed by atoms with van der Waals surface area (Å²) in [4.78, 5) is 11.9. The van der Waals surface area contributed by atoms with Gasteiger partial charge in [-0.2, -0.15) is 0 Å². The largest absolute Gasteiger partial charge is 0.508 e. The second-order valence-corrected chi connectivity index (χ2v) is 4.83. The average Bonchev–Trinajstić information content (AvgIpc) is 2.46. The minimum absolute atomic E-state index is 0.180. The maximum absolute atomic E-state index is 11.9. The molecule has 0 aliphatic rings. The van der Waals surface area contributed by atoms with Gasteiger partial charge in [0.2, 0.25) is 5.91 Å². The molecule has 2 aromatic carbocycles. The van der Waals surface area contributed by atoms with Crippen molar-refractivity contribution in [1.82, 2.24) is 5.32 Å². The first-order valence-electron chi connectivity index (χ1n) is 6.67. The molecule has 0 aliphatic carbocycles. The standard InChI is InChI=1S/C17H18N2O2/c1-12(14-3-2-4-16(20)11-14)19-17(21)10-7-13-5-8-15(18)9-6-13/h2-12,20H,18H2,1H3,(H,19,21)/b10-7+. The molecule has 1 amide bonds. The molecule has 0 saturated carbocycles. The first-order chi connectivity index (χ1) is 10.0. The number of carbonyl (C=O) groups excluding carboxylic acids is 1. The summed E-state index contributed by atoms with van der Waals surface area (Å²) in [5.41, 5.74) is 8.05. The van der Waals surface area contributed by atoms with E-state index >= 15 is 0 Å². The van der Waals surface area contributed by atoms with Crippen molar-refractivity contribution in [1.29, 1.82) is 0 Å². The van der Waals surface area contributed by atoms with Crippen LogP contribution in [0.2, 0.25) is 0 Å². The van der Waals surface area contributed by atoms with E-state index in [0.29, 0.717) is 5.69 Å². The Bertz CT molecular complexity index is 648. The van der Waals surface area contributed by atoms with Gasteiger partial charge in [-0.25, -0.2) is 0 Å². The molecule has 0 saturated heterocycles. The number of nitrogens with two attached hydrogens (primary N) is 1. The van der Waals surface area contributed by atoms with E-state index in [1.54, 1.807) is 36.4 Å². The quantitative estimate of drug-likeness (QED) is 0.596. The Labute approximate surface area is 123 Å². The molecule has 0 aliphatic heterocycles. The predicted octanol–water partition coefficient (Wildman–Crippen LogP) is 2.87. The average molecular weight is 282 g/mol. The lowest BCUT2D eigenvalue weighted by atomic mass is 10.1. The van der Waals surface area contributed by atoms with Gasteiger partial charge in [0.25, 0.3) is 0 Å². The number of anilines is 1. The molecule has 1 atom stereocenters. The van der Waals surface area contributed by atoms with Crippen LogP contribution in [0.15, 0.2) is 54.6 Å². The van der Waals surface area contributed by atoms with Gasteiger partial charge in [0, 0.05) is 11.8 Å². The number of hydrogen-bond acceptors (Lipinski definition) is 3. The molecule has 0 heterocycles. The zero-order chi connectivity index (χ0) is 15.2. The normalized spacial score (nSPS) is 12.2. The maximum Gasteiger partial charge on any atom is 0.244 e. The highest BCUT2D eigenvalue weighted by Gasteiger charge is 2.07. The highest BCUT2D eigenvalue weighted by Crippen LogP contribution is 2.17. The van der Waals surface area contributed by atoms with Gasteiger partial charge in [0.15, 0.2) is 0 Å². The fraction of sp³-hybridized carbons (Fsp3) is 0.118. The van der Waals surface area contributed by atoms with Gasteiger partial charge < -0.3 is 16.2 Å². The van der Waals surface area contributed by atoms with E-state index in [9.17, 15) is 9.90 Å². The lowest BCUT2D eigenvalue weighted by molar-refractivity contribution is -0.117. The number of amides is 1. The summed E-state index contributed by atoms with van der Waals surface area (Å²) < 4.78 is 0. The van der Waals surface area contributed by atoms with Crippen LogP contribution in [0.5, 0.6) is 5.75 Å². The Morgan fingerprint density at radius 3 is 2.62 bits per heavy atom. The van der Waals surface area contributed by atoms with Crippen LogP contribution in [0, 0.1) is 0 Å². The third kappa shape index (κ3) is 4.38. The summed E-state index contributed by atoms with van der Waals surface area (Å²) in [6, 6.07) is 13.9. The number of aromatic hydroxyl groups is 1. The van der Waals surface area contributed by atoms with Gasteiger partial charge in [-0.3, -0.25) is 4.79 Å². The lowest BCUT2D eigenvalue weighted by Crippen LogP contribution is -2.24. The minimum Gasteiger partial charge on any atom is -0.508 e. The van der Waals surface area contributed by atoms with Crippen molar-refractivity contribution in [2.24, 2.45) is 0 Å². The summed E-state index contributed by atoms with van der Waals surface area (Å²) in [6.45, 7) is 1.86. The molecule has 0 spiro atoms. The number of nitrogen functional groups attached to an aromatic ring is 1. The maximum atomic E-state index is 11.9. The first kappa shape index (κ1) is 14.7. The van der Waals surface area contributed by atoms with Crippen molar-refractivity contribution in [2.45, 2.75) is 13.0 Å². The second kappa shape index (κ2) is 6.61. The van der Waals surface area contributed by atoms with Gasteiger partial charge in [0.05, 0.1) is 6.04 Å². The summed E-state index contributed by atoms with van der Waals surface area (Å²) in [5.74, 6) is -0.00585.